The molecule has 3 rings (SSSR count). The van der Waals surface area contributed by atoms with Crippen molar-refractivity contribution in [3.8, 4) is 11.8 Å². The van der Waals surface area contributed by atoms with Gasteiger partial charge in [-0.25, -0.2) is 13.1 Å². The lowest BCUT2D eigenvalue weighted by atomic mass is 10.0. The Labute approximate surface area is 187 Å². The van der Waals surface area contributed by atoms with Gasteiger partial charge in [0.05, 0.1) is 11.6 Å². The van der Waals surface area contributed by atoms with Crippen LogP contribution in [0.5, 0.6) is 5.75 Å². The topological polar surface area (TPSA) is 110 Å². The first-order valence-electron chi connectivity index (χ1n) is 9.62. The zero-order valence-electron chi connectivity index (χ0n) is 17.1. The third-order valence-electron chi connectivity index (χ3n) is 5.03. The molecule has 1 saturated heterocycles. The summed E-state index contributed by atoms with van der Waals surface area (Å²) in [5.74, 6) is 0.540. The molecule has 0 saturated carbocycles. The summed E-state index contributed by atoms with van der Waals surface area (Å²) in [4.78, 5) is -0.000607. The molecule has 1 aliphatic rings. The summed E-state index contributed by atoms with van der Waals surface area (Å²) in [6.07, 6.45) is 0.784. The van der Waals surface area contributed by atoms with Gasteiger partial charge < -0.3 is 19.5 Å². The van der Waals surface area contributed by atoms with Crippen LogP contribution in [0.3, 0.4) is 0 Å². The molecule has 8 nitrogen and oxygen atoms in total. The molecule has 2 aromatic rings. The maximum Gasteiger partial charge on any atom is 0.242 e. The molecular weight excluding hydrogens is 442 g/mol. The van der Waals surface area contributed by atoms with Crippen molar-refractivity contribution in [3.63, 3.8) is 0 Å². The van der Waals surface area contributed by atoms with Crippen molar-refractivity contribution in [1.29, 1.82) is 5.26 Å². The zero-order chi connectivity index (χ0) is 22.3. The average molecular weight is 466 g/mol. The van der Waals surface area contributed by atoms with Crippen LogP contribution in [0.4, 0.5) is 5.69 Å². The lowest BCUT2D eigenvalue weighted by Gasteiger charge is -2.26. The van der Waals surface area contributed by atoms with Crippen molar-refractivity contribution in [2.24, 2.45) is 0 Å². The molecule has 0 aliphatic carbocycles. The van der Waals surface area contributed by atoms with Gasteiger partial charge >= 0.3 is 0 Å². The van der Waals surface area contributed by atoms with Crippen LogP contribution in [0, 0.1) is 11.3 Å². The van der Waals surface area contributed by atoms with Crippen molar-refractivity contribution >= 4 is 27.3 Å². The fourth-order valence-corrected chi connectivity index (χ4v) is 4.69. The lowest BCUT2D eigenvalue weighted by molar-refractivity contribution is -0.00619. The second kappa shape index (κ2) is 10.3. The summed E-state index contributed by atoms with van der Waals surface area (Å²) in [6.45, 7) is 1.72. The van der Waals surface area contributed by atoms with Gasteiger partial charge in [0, 0.05) is 38.9 Å². The van der Waals surface area contributed by atoms with E-state index in [-0.39, 0.29) is 23.1 Å². The van der Waals surface area contributed by atoms with Crippen LogP contribution in [0.15, 0.2) is 47.4 Å². The lowest BCUT2D eigenvalue weighted by Crippen LogP contribution is -2.39. The van der Waals surface area contributed by atoms with E-state index in [0.717, 1.165) is 12.0 Å². The van der Waals surface area contributed by atoms with Crippen LogP contribution in [0.1, 0.15) is 12.0 Å². The molecule has 1 heterocycles. The number of anilines is 1. The quantitative estimate of drug-likeness (QED) is 0.555. The number of ether oxygens (including phenoxy) is 3. The second-order valence-corrected chi connectivity index (χ2v) is 9.25. The third-order valence-corrected chi connectivity index (χ3v) is 6.91. The van der Waals surface area contributed by atoms with Crippen molar-refractivity contribution in [3.05, 3.63) is 53.1 Å². The fourth-order valence-electron chi connectivity index (χ4n) is 3.13. The van der Waals surface area contributed by atoms with E-state index in [4.69, 9.17) is 31.1 Å². The molecule has 1 unspecified atom stereocenters. The molecule has 1 fully saturated rings. The van der Waals surface area contributed by atoms with Gasteiger partial charge in [-0.15, -0.1) is 0 Å². The molecule has 1 atom stereocenters. The Balaban J connectivity index is 1.61. The van der Waals surface area contributed by atoms with Gasteiger partial charge in [-0.1, -0.05) is 23.7 Å². The van der Waals surface area contributed by atoms with E-state index in [9.17, 15) is 8.42 Å². The minimum absolute atomic E-state index is 0.000607. The van der Waals surface area contributed by atoms with E-state index in [2.05, 4.69) is 10.0 Å². The number of hydrogen-bond donors (Lipinski definition) is 2. The molecule has 0 radical (unpaired) electrons. The third kappa shape index (κ3) is 6.09. The normalized spacial score (nSPS) is 18.5. The smallest absolute Gasteiger partial charge is 0.242 e. The van der Waals surface area contributed by atoms with Gasteiger partial charge in [-0.3, -0.25) is 0 Å². The number of nitriles is 1. The van der Waals surface area contributed by atoms with Crippen LogP contribution < -0.4 is 14.8 Å². The maximum absolute atomic E-state index is 12.7. The summed E-state index contributed by atoms with van der Waals surface area (Å²) in [6, 6.07) is 13.4. The monoisotopic (exact) mass is 465 g/mol. The first-order chi connectivity index (χ1) is 14.9. The minimum Gasteiger partial charge on any atom is -0.479 e. The number of halogens is 1. The van der Waals surface area contributed by atoms with Crippen LogP contribution in [0.2, 0.25) is 5.02 Å². The van der Waals surface area contributed by atoms with Gasteiger partial charge in [0.25, 0.3) is 0 Å². The van der Waals surface area contributed by atoms with Gasteiger partial charge in [-0.2, -0.15) is 5.26 Å². The Kier molecular flexibility index (Phi) is 7.75. The molecule has 0 bridgehead atoms. The maximum atomic E-state index is 12.7. The van der Waals surface area contributed by atoms with Crippen LogP contribution in [0.25, 0.3) is 0 Å². The highest BCUT2D eigenvalue weighted by Crippen LogP contribution is 2.27. The van der Waals surface area contributed by atoms with E-state index in [1.54, 1.807) is 43.5 Å². The molecule has 0 aromatic heterocycles. The molecule has 10 heteroatoms. The summed E-state index contributed by atoms with van der Waals surface area (Å²) in [5.41, 5.74) is 1.04. The van der Waals surface area contributed by atoms with E-state index in [1.165, 1.54) is 6.07 Å². The van der Waals surface area contributed by atoms with Gasteiger partial charge in [0.15, 0.2) is 6.61 Å². The summed E-state index contributed by atoms with van der Waals surface area (Å²) < 4.78 is 44.1. The van der Waals surface area contributed by atoms with Crippen LogP contribution in [-0.2, 0) is 26.0 Å². The molecular formula is C21H24ClN3O5S. The minimum atomic E-state index is -3.81. The number of methoxy groups -OCH3 is 1. The average Bonchev–Trinajstić information content (AvgIpc) is 3.25. The molecule has 0 amide bonds. The highest BCUT2D eigenvalue weighted by atomic mass is 35.5. The van der Waals surface area contributed by atoms with Gasteiger partial charge in [0.1, 0.15) is 22.3 Å². The number of nitrogens with one attached hydrogen (secondary N) is 2. The number of nitrogens with zero attached hydrogens (tertiary/aromatic N) is 1. The van der Waals surface area contributed by atoms with Crippen molar-refractivity contribution < 1.29 is 22.6 Å². The van der Waals surface area contributed by atoms with Gasteiger partial charge in [0.2, 0.25) is 10.0 Å². The number of sulfonamides is 1. The highest BCUT2D eigenvalue weighted by molar-refractivity contribution is 7.89. The number of rotatable bonds is 10. The Morgan fingerprint density at radius 3 is 2.65 bits per heavy atom. The summed E-state index contributed by atoms with van der Waals surface area (Å²) in [7, 11) is -2.16. The number of benzene rings is 2. The fraction of sp³-hybridized carbons (Fsp3) is 0.381. The SMILES string of the molecule is COC1(CNc2ccc(S(=O)(=O)NCc3ccc(OCC#N)cc3)c(Cl)c2)CCOC1. The zero-order valence-corrected chi connectivity index (χ0v) is 18.6. The van der Waals surface area contributed by atoms with E-state index in [1.807, 2.05) is 6.07 Å². The van der Waals surface area contributed by atoms with Crippen molar-refractivity contribution in [2.45, 2.75) is 23.5 Å². The van der Waals surface area contributed by atoms with E-state index < -0.39 is 15.6 Å². The van der Waals surface area contributed by atoms with Crippen molar-refractivity contribution in [2.75, 3.05) is 38.8 Å². The van der Waals surface area contributed by atoms with Crippen LogP contribution >= 0.6 is 11.6 Å². The Bertz CT molecular complexity index is 1030. The van der Waals surface area contributed by atoms with Crippen LogP contribution in [-0.4, -0.2) is 47.5 Å². The molecule has 0 spiro atoms. The first kappa shape index (κ1) is 23.3. The predicted octanol–water partition coefficient (Wildman–Crippen LogP) is 2.94. The van der Waals surface area contributed by atoms with E-state index in [0.29, 0.717) is 31.2 Å². The number of hydrogen-bond acceptors (Lipinski definition) is 7. The Hall–Kier alpha value is -2.35. The molecule has 2 N–H and O–H groups in total. The second-order valence-electron chi connectivity index (χ2n) is 7.10. The largest absolute Gasteiger partial charge is 0.479 e. The highest BCUT2D eigenvalue weighted by Gasteiger charge is 2.34. The van der Waals surface area contributed by atoms with Gasteiger partial charge in [-0.05, 0) is 35.9 Å². The molecule has 31 heavy (non-hydrogen) atoms. The molecule has 2 aromatic carbocycles. The summed E-state index contributed by atoms with van der Waals surface area (Å²) in [5, 5.41) is 11.9. The Morgan fingerprint density at radius 1 is 1.26 bits per heavy atom. The van der Waals surface area contributed by atoms with E-state index >= 15 is 0 Å². The molecule has 1 aliphatic heterocycles. The molecule has 166 valence electrons. The first-order valence-corrected chi connectivity index (χ1v) is 11.5. The Morgan fingerprint density at radius 2 is 2.03 bits per heavy atom. The summed E-state index contributed by atoms with van der Waals surface area (Å²) >= 11 is 6.27. The standard InChI is InChI=1S/C21H24ClN3O5S/c1-28-21(8-10-29-15-21)14-24-17-4-7-20(19(22)12-17)31(26,27)25-13-16-2-5-18(6-3-16)30-11-9-23/h2-7,12,24-25H,8,10-11,13-15H2,1H3. The van der Waals surface area contributed by atoms with Crippen molar-refractivity contribution in [1.82, 2.24) is 4.72 Å². The predicted molar refractivity (Wildman–Crippen MR) is 117 cm³/mol.